The molecule has 144 valence electrons. The minimum atomic E-state index is -0.101. The van der Waals surface area contributed by atoms with Crippen LogP contribution in [0.15, 0.2) is 30.3 Å². The van der Waals surface area contributed by atoms with Crippen molar-refractivity contribution in [1.29, 1.82) is 0 Å². The largest absolute Gasteiger partial charge is 0.379 e. The van der Waals surface area contributed by atoms with E-state index >= 15 is 0 Å². The summed E-state index contributed by atoms with van der Waals surface area (Å²) >= 11 is 1.78. The number of nitrogens with zero attached hydrogens (tertiary/aromatic N) is 3. The molecule has 0 radical (unpaired) electrons. The number of carbonyl (C=O) groups excluding carboxylic acids is 1. The van der Waals surface area contributed by atoms with E-state index in [0.717, 1.165) is 43.5 Å². The number of hydrogen-bond donors (Lipinski definition) is 0. The Hall–Kier alpha value is -1.76. The highest BCUT2D eigenvalue weighted by Gasteiger charge is 2.45. The van der Waals surface area contributed by atoms with Gasteiger partial charge < -0.3 is 9.64 Å². The lowest BCUT2D eigenvalue weighted by atomic mass is 9.87. The van der Waals surface area contributed by atoms with Crippen molar-refractivity contribution in [2.24, 2.45) is 5.41 Å². The molecule has 0 aliphatic carbocycles. The molecule has 0 N–H and O–H groups in total. The second-order valence-electron chi connectivity index (χ2n) is 7.92. The van der Waals surface area contributed by atoms with Crippen LogP contribution in [0.1, 0.15) is 27.6 Å². The van der Waals surface area contributed by atoms with Gasteiger partial charge in [-0.05, 0) is 19.4 Å². The Balaban J connectivity index is 1.46. The first-order chi connectivity index (χ1) is 13.0. The van der Waals surface area contributed by atoms with Gasteiger partial charge in [-0.15, -0.1) is 11.3 Å². The third-order valence-corrected chi connectivity index (χ3v) is 6.56. The molecule has 2 saturated heterocycles. The van der Waals surface area contributed by atoms with E-state index in [4.69, 9.17) is 4.74 Å². The van der Waals surface area contributed by atoms with Crippen molar-refractivity contribution >= 4 is 17.2 Å². The molecule has 1 spiro atoms. The number of amides is 1. The first-order valence-corrected chi connectivity index (χ1v) is 10.4. The third-order valence-electron chi connectivity index (χ3n) is 5.51. The van der Waals surface area contributed by atoms with Gasteiger partial charge in [-0.25, -0.2) is 4.98 Å². The van der Waals surface area contributed by atoms with Crippen molar-refractivity contribution < 1.29 is 9.53 Å². The normalized spacial score (nSPS) is 23.9. The number of hydrogen-bond acceptors (Lipinski definition) is 5. The van der Waals surface area contributed by atoms with Gasteiger partial charge in [0, 0.05) is 49.4 Å². The Kier molecular flexibility index (Phi) is 5.30. The predicted molar refractivity (Wildman–Crippen MR) is 107 cm³/mol. The topological polar surface area (TPSA) is 45.7 Å². The number of ether oxygens (including phenoxy) is 1. The first kappa shape index (κ1) is 18.6. The van der Waals surface area contributed by atoms with Crippen LogP contribution in [0.5, 0.6) is 0 Å². The summed E-state index contributed by atoms with van der Waals surface area (Å²) in [6.07, 6.45) is 0.580. The molecule has 1 aromatic heterocycles. The standard InChI is InChI=1S/C21H27N3O2S/c1-16-19(27-17(2)22-16)12-23-8-9-26-15-21(13-23)10-20(25)24(14-21)11-18-6-4-3-5-7-18/h3-7H,8-15H2,1-2H3. The van der Waals surface area contributed by atoms with E-state index in [1.165, 1.54) is 10.4 Å². The van der Waals surface area contributed by atoms with Gasteiger partial charge in [0.2, 0.25) is 5.91 Å². The van der Waals surface area contributed by atoms with Crippen LogP contribution < -0.4 is 0 Å². The van der Waals surface area contributed by atoms with Crippen molar-refractivity contribution in [2.75, 3.05) is 32.8 Å². The Bertz CT molecular complexity index is 807. The highest BCUT2D eigenvalue weighted by molar-refractivity contribution is 7.11. The highest BCUT2D eigenvalue weighted by atomic mass is 32.1. The lowest BCUT2D eigenvalue weighted by molar-refractivity contribution is -0.128. The Morgan fingerprint density at radius 3 is 2.74 bits per heavy atom. The average molecular weight is 386 g/mol. The van der Waals surface area contributed by atoms with Crippen molar-refractivity contribution in [3.05, 3.63) is 51.5 Å². The number of rotatable bonds is 4. The first-order valence-electron chi connectivity index (χ1n) is 9.58. The van der Waals surface area contributed by atoms with Gasteiger partial charge >= 0.3 is 0 Å². The average Bonchev–Trinajstić information content (AvgIpc) is 3.02. The molecule has 1 atom stereocenters. The van der Waals surface area contributed by atoms with Crippen LogP contribution in [0.3, 0.4) is 0 Å². The Morgan fingerprint density at radius 1 is 1.19 bits per heavy atom. The molecule has 2 aliphatic rings. The summed E-state index contributed by atoms with van der Waals surface area (Å²) in [5.41, 5.74) is 2.21. The fraction of sp³-hybridized carbons (Fsp3) is 0.524. The summed E-state index contributed by atoms with van der Waals surface area (Å²) < 4.78 is 5.95. The summed E-state index contributed by atoms with van der Waals surface area (Å²) in [4.78, 5) is 23.1. The van der Waals surface area contributed by atoms with E-state index in [-0.39, 0.29) is 11.3 Å². The maximum atomic E-state index is 12.7. The van der Waals surface area contributed by atoms with Crippen LogP contribution in [0.4, 0.5) is 0 Å². The summed E-state index contributed by atoms with van der Waals surface area (Å²) in [6, 6.07) is 10.2. The van der Waals surface area contributed by atoms with Crippen LogP contribution in [0.25, 0.3) is 0 Å². The Morgan fingerprint density at radius 2 is 2.00 bits per heavy atom. The van der Waals surface area contributed by atoms with Gasteiger partial charge in [0.1, 0.15) is 0 Å². The lowest BCUT2D eigenvalue weighted by Gasteiger charge is -2.31. The number of benzene rings is 1. The maximum absolute atomic E-state index is 12.7. The van der Waals surface area contributed by atoms with E-state index in [1.54, 1.807) is 11.3 Å². The van der Waals surface area contributed by atoms with Crippen LogP contribution >= 0.6 is 11.3 Å². The van der Waals surface area contributed by atoms with E-state index in [0.29, 0.717) is 19.6 Å². The lowest BCUT2D eigenvalue weighted by Crippen LogP contribution is -2.40. The number of aryl methyl sites for hydroxylation is 2. The zero-order valence-electron chi connectivity index (χ0n) is 16.1. The highest BCUT2D eigenvalue weighted by Crippen LogP contribution is 2.36. The van der Waals surface area contributed by atoms with E-state index in [1.807, 2.05) is 23.1 Å². The number of likely N-dealkylation sites (tertiary alicyclic amines) is 1. The minimum absolute atomic E-state index is 0.101. The van der Waals surface area contributed by atoms with Crippen molar-refractivity contribution in [3.63, 3.8) is 0 Å². The molecule has 27 heavy (non-hydrogen) atoms. The van der Waals surface area contributed by atoms with Gasteiger partial charge in [0.05, 0.1) is 23.9 Å². The molecular weight excluding hydrogens is 358 g/mol. The molecule has 4 rings (SSSR count). The molecule has 6 heteroatoms. The summed E-state index contributed by atoms with van der Waals surface area (Å²) in [5, 5.41) is 1.12. The van der Waals surface area contributed by atoms with Gasteiger partial charge in [-0.1, -0.05) is 30.3 Å². The van der Waals surface area contributed by atoms with Crippen molar-refractivity contribution in [3.8, 4) is 0 Å². The molecule has 5 nitrogen and oxygen atoms in total. The fourth-order valence-electron chi connectivity index (χ4n) is 4.27. The van der Waals surface area contributed by atoms with Gasteiger partial charge in [0.15, 0.2) is 0 Å². The molecule has 2 aliphatic heterocycles. The molecule has 0 bridgehead atoms. The summed E-state index contributed by atoms with van der Waals surface area (Å²) in [6.45, 7) is 9.72. The van der Waals surface area contributed by atoms with Crippen LogP contribution in [0, 0.1) is 19.3 Å². The van der Waals surface area contributed by atoms with Gasteiger partial charge in [-0.3, -0.25) is 9.69 Å². The molecule has 0 saturated carbocycles. The monoisotopic (exact) mass is 385 g/mol. The minimum Gasteiger partial charge on any atom is -0.379 e. The zero-order chi connectivity index (χ0) is 18.9. The molecular formula is C21H27N3O2S. The summed E-state index contributed by atoms with van der Waals surface area (Å²) in [7, 11) is 0. The third kappa shape index (κ3) is 4.23. The molecule has 3 heterocycles. The number of thiazole rings is 1. The molecule has 1 amide bonds. The predicted octanol–water partition coefficient (Wildman–Crippen LogP) is 3.01. The van der Waals surface area contributed by atoms with E-state index < -0.39 is 0 Å². The van der Waals surface area contributed by atoms with Crippen LogP contribution in [-0.2, 0) is 22.6 Å². The van der Waals surface area contributed by atoms with Crippen LogP contribution in [-0.4, -0.2) is 53.5 Å². The van der Waals surface area contributed by atoms with Gasteiger partial charge in [-0.2, -0.15) is 0 Å². The smallest absolute Gasteiger partial charge is 0.223 e. The molecule has 2 aromatic rings. The second-order valence-corrected chi connectivity index (χ2v) is 9.20. The van der Waals surface area contributed by atoms with Crippen LogP contribution in [0.2, 0.25) is 0 Å². The quantitative estimate of drug-likeness (QED) is 0.812. The van der Waals surface area contributed by atoms with Crippen molar-refractivity contribution in [1.82, 2.24) is 14.8 Å². The Labute approximate surface area is 165 Å². The van der Waals surface area contributed by atoms with E-state index in [2.05, 4.69) is 35.9 Å². The second kappa shape index (κ2) is 7.70. The maximum Gasteiger partial charge on any atom is 0.223 e. The summed E-state index contributed by atoms with van der Waals surface area (Å²) in [5.74, 6) is 0.245. The number of carbonyl (C=O) groups is 1. The van der Waals surface area contributed by atoms with Crippen molar-refractivity contribution in [2.45, 2.75) is 33.4 Å². The molecule has 2 fully saturated rings. The SMILES string of the molecule is Cc1nc(C)c(CN2CCOCC3(CC(=O)N(Cc4ccccc4)C3)C2)s1. The fourth-order valence-corrected chi connectivity index (χ4v) is 5.25. The zero-order valence-corrected chi connectivity index (χ0v) is 16.9. The molecule has 1 unspecified atom stereocenters. The molecule has 1 aromatic carbocycles. The number of aromatic nitrogens is 1. The van der Waals surface area contributed by atoms with E-state index in [9.17, 15) is 4.79 Å². The van der Waals surface area contributed by atoms with Gasteiger partial charge in [0.25, 0.3) is 0 Å².